The summed E-state index contributed by atoms with van der Waals surface area (Å²) in [6.07, 6.45) is 0. The highest BCUT2D eigenvalue weighted by molar-refractivity contribution is 14.1. The number of halogens is 3. The molecule has 1 aromatic heterocycles. The molecule has 0 aliphatic rings. The van der Waals surface area contributed by atoms with Gasteiger partial charge < -0.3 is 15.8 Å². The Bertz CT molecular complexity index is 848. The number of azo groups is 1. The Balaban J connectivity index is 2.54. The van der Waals surface area contributed by atoms with E-state index in [0.29, 0.717) is 12.8 Å². The van der Waals surface area contributed by atoms with Crippen LogP contribution >= 0.6 is 67.8 Å². The molecule has 22 heavy (non-hydrogen) atoms. The molecule has 0 fully saturated rings. The number of anilines is 1. The number of aromatic nitrogens is 1. The van der Waals surface area contributed by atoms with Gasteiger partial charge in [-0.2, -0.15) is 0 Å². The summed E-state index contributed by atoms with van der Waals surface area (Å²) in [5.41, 5.74) is 5.67. The lowest BCUT2D eigenvalue weighted by Crippen LogP contribution is -2.07. The number of carbonyl (C=O) groups is 1. The Morgan fingerprint density at radius 1 is 1.18 bits per heavy atom. The zero-order valence-electron chi connectivity index (χ0n) is 10.6. The summed E-state index contributed by atoms with van der Waals surface area (Å²) in [5.74, 6) is -0.803. The molecule has 0 aliphatic heterocycles. The van der Waals surface area contributed by atoms with Gasteiger partial charge >= 0.3 is 5.97 Å². The monoisotopic (exact) mass is 636 g/mol. The first-order valence-electron chi connectivity index (χ1n) is 5.62. The Labute approximate surface area is 165 Å². The molecule has 0 bridgehead atoms. The Hall–Kier alpha value is -0.770. The van der Waals surface area contributed by atoms with E-state index in [0.717, 1.165) is 3.57 Å². The van der Waals surface area contributed by atoms with Crippen molar-refractivity contribution in [2.45, 2.75) is 0 Å². The number of nitrogens with one attached hydrogen (secondary N) is 1. The number of nitrogens with zero attached hydrogens (tertiary/aromatic N) is 2. The molecule has 2 rings (SSSR count). The Morgan fingerprint density at radius 2 is 1.86 bits per heavy atom. The molecule has 7 nitrogen and oxygen atoms in total. The smallest absolute Gasteiger partial charge is 0.337 e. The number of benzene rings is 1. The number of pyridine rings is 1. The van der Waals surface area contributed by atoms with Crippen LogP contribution < -0.4 is 11.3 Å². The van der Waals surface area contributed by atoms with Crippen LogP contribution in [0.4, 0.5) is 17.2 Å². The van der Waals surface area contributed by atoms with E-state index in [-0.39, 0.29) is 17.1 Å². The van der Waals surface area contributed by atoms with Gasteiger partial charge in [-0.25, -0.2) is 4.79 Å². The highest BCUT2D eigenvalue weighted by atomic mass is 127. The summed E-state index contributed by atoms with van der Waals surface area (Å²) < 4.78 is 1.83. The molecule has 0 saturated carbocycles. The largest absolute Gasteiger partial charge is 0.478 e. The predicted octanol–water partition coefficient (Wildman–Crippen LogP) is 3.88. The number of nitrogens with two attached hydrogens (primary N) is 1. The third-order valence-corrected chi connectivity index (χ3v) is 5.25. The van der Waals surface area contributed by atoms with E-state index >= 15 is 0 Å². The van der Waals surface area contributed by atoms with E-state index in [1.807, 2.05) is 67.8 Å². The van der Waals surface area contributed by atoms with Crippen LogP contribution in [0, 0.1) is 10.7 Å². The van der Waals surface area contributed by atoms with Gasteiger partial charge in [0.05, 0.1) is 9.13 Å². The van der Waals surface area contributed by atoms with Gasteiger partial charge in [-0.15, -0.1) is 10.2 Å². The zero-order valence-corrected chi connectivity index (χ0v) is 17.1. The van der Waals surface area contributed by atoms with Crippen LogP contribution in [0.15, 0.2) is 33.2 Å². The standard InChI is InChI=1S/C12H7I3N4O3/c13-4-3-5(14)10(9(15)8(4)12(21)22)19-18-6-1-2-7(16)17-11(6)20/h1-3H,(H,21,22)(H3,16,17,20). The molecule has 10 heteroatoms. The number of hydrogen-bond donors (Lipinski definition) is 3. The minimum atomic E-state index is -1.04. The number of H-pyrrole nitrogens is 1. The Morgan fingerprint density at radius 3 is 2.45 bits per heavy atom. The fourth-order valence-corrected chi connectivity index (χ4v) is 5.58. The molecule has 1 aromatic carbocycles. The van der Waals surface area contributed by atoms with E-state index in [1.54, 1.807) is 6.07 Å². The number of carboxylic acid groups (broad SMARTS) is 1. The second-order valence-corrected chi connectivity index (χ2v) is 7.41. The summed E-state index contributed by atoms with van der Waals surface area (Å²) >= 11 is 5.92. The molecule has 0 atom stereocenters. The van der Waals surface area contributed by atoms with E-state index in [4.69, 9.17) is 5.73 Å². The number of hydrogen-bond acceptors (Lipinski definition) is 5. The number of aromatic amines is 1. The topological polar surface area (TPSA) is 121 Å². The third-order valence-electron chi connectivity index (χ3n) is 2.53. The molecule has 0 spiro atoms. The Kier molecular flexibility index (Phi) is 5.76. The normalized spacial score (nSPS) is 11.0. The van der Waals surface area contributed by atoms with Crippen molar-refractivity contribution >= 4 is 90.9 Å². The SMILES string of the molecule is Nc1ccc(N=Nc2c(I)cc(I)c(C(=O)O)c2I)c(=O)[nH]1. The van der Waals surface area contributed by atoms with Gasteiger partial charge in [0.2, 0.25) is 0 Å². The van der Waals surface area contributed by atoms with Gasteiger partial charge in [0.1, 0.15) is 11.5 Å². The van der Waals surface area contributed by atoms with Gasteiger partial charge in [-0.05, 0) is 86.0 Å². The minimum absolute atomic E-state index is 0.0937. The average molecular weight is 636 g/mol. The molecule has 1 heterocycles. The molecule has 0 radical (unpaired) electrons. The van der Waals surface area contributed by atoms with Crippen molar-refractivity contribution in [3.05, 3.63) is 44.8 Å². The molecule has 0 saturated heterocycles. The number of rotatable bonds is 3. The highest BCUT2D eigenvalue weighted by Gasteiger charge is 2.19. The quantitative estimate of drug-likeness (QED) is 0.350. The van der Waals surface area contributed by atoms with Crippen LogP contribution in [-0.2, 0) is 0 Å². The number of carboxylic acids is 1. The molecule has 114 valence electrons. The summed E-state index contributed by atoms with van der Waals surface area (Å²) in [6, 6.07) is 4.65. The first-order valence-corrected chi connectivity index (χ1v) is 8.86. The molecular formula is C12H7I3N4O3. The maximum atomic E-state index is 11.7. The van der Waals surface area contributed by atoms with Crippen LogP contribution in [0.5, 0.6) is 0 Å². The summed E-state index contributed by atoms with van der Waals surface area (Å²) in [7, 11) is 0. The van der Waals surface area contributed by atoms with Crippen LogP contribution in [-0.4, -0.2) is 16.1 Å². The zero-order chi connectivity index (χ0) is 16.4. The van der Waals surface area contributed by atoms with Gasteiger partial charge in [-0.1, -0.05) is 0 Å². The fourth-order valence-electron chi connectivity index (χ4n) is 1.53. The van der Waals surface area contributed by atoms with Gasteiger partial charge in [0.25, 0.3) is 5.56 Å². The average Bonchev–Trinajstić information content (AvgIpc) is 2.39. The van der Waals surface area contributed by atoms with E-state index in [2.05, 4.69) is 15.2 Å². The van der Waals surface area contributed by atoms with Crippen molar-refractivity contribution in [2.24, 2.45) is 10.2 Å². The van der Waals surface area contributed by atoms with Crippen LogP contribution in [0.2, 0.25) is 0 Å². The number of nitrogen functional groups attached to an aromatic ring is 1. The lowest BCUT2D eigenvalue weighted by atomic mass is 10.2. The van der Waals surface area contributed by atoms with E-state index in [9.17, 15) is 14.7 Å². The fraction of sp³-hybridized carbons (Fsp3) is 0. The van der Waals surface area contributed by atoms with Gasteiger partial charge in [-0.3, -0.25) is 4.79 Å². The first-order chi connectivity index (χ1) is 10.3. The van der Waals surface area contributed by atoms with Crippen molar-refractivity contribution in [3.63, 3.8) is 0 Å². The van der Waals surface area contributed by atoms with Crippen molar-refractivity contribution < 1.29 is 9.90 Å². The maximum absolute atomic E-state index is 11.7. The first kappa shape index (κ1) is 17.6. The van der Waals surface area contributed by atoms with Crippen LogP contribution in [0.1, 0.15) is 10.4 Å². The van der Waals surface area contributed by atoms with Crippen molar-refractivity contribution in [1.82, 2.24) is 4.98 Å². The molecule has 0 amide bonds. The van der Waals surface area contributed by atoms with Gasteiger partial charge in [0.15, 0.2) is 5.69 Å². The second-order valence-electron chi connectivity index (χ2n) is 4.01. The minimum Gasteiger partial charge on any atom is -0.478 e. The summed E-state index contributed by atoms with van der Waals surface area (Å²) in [4.78, 5) is 25.4. The van der Waals surface area contributed by atoms with Crippen LogP contribution in [0.25, 0.3) is 0 Å². The molecular weight excluding hydrogens is 629 g/mol. The third kappa shape index (κ3) is 3.76. The molecule has 4 N–H and O–H groups in total. The maximum Gasteiger partial charge on any atom is 0.337 e. The lowest BCUT2D eigenvalue weighted by Gasteiger charge is -2.07. The van der Waals surface area contributed by atoms with Crippen molar-refractivity contribution in [2.75, 3.05) is 5.73 Å². The lowest BCUT2D eigenvalue weighted by molar-refractivity contribution is 0.0694. The van der Waals surface area contributed by atoms with Crippen molar-refractivity contribution in [1.29, 1.82) is 0 Å². The van der Waals surface area contributed by atoms with Gasteiger partial charge in [0, 0.05) is 7.14 Å². The summed E-state index contributed by atoms with van der Waals surface area (Å²) in [5, 5.41) is 17.2. The molecule has 0 unspecified atom stereocenters. The van der Waals surface area contributed by atoms with Crippen LogP contribution in [0.3, 0.4) is 0 Å². The second kappa shape index (κ2) is 7.20. The van der Waals surface area contributed by atoms with Crippen molar-refractivity contribution in [3.8, 4) is 0 Å². The highest BCUT2D eigenvalue weighted by Crippen LogP contribution is 2.34. The summed E-state index contributed by atoms with van der Waals surface area (Å²) in [6.45, 7) is 0. The van der Waals surface area contributed by atoms with E-state index in [1.165, 1.54) is 12.1 Å². The molecule has 0 aliphatic carbocycles. The predicted molar refractivity (Wildman–Crippen MR) is 107 cm³/mol. The molecule has 2 aromatic rings. The van der Waals surface area contributed by atoms with E-state index < -0.39 is 11.5 Å². The number of aromatic carboxylic acids is 1.